The Morgan fingerprint density at radius 2 is 1.33 bits per heavy atom. The van der Waals surface area contributed by atoms with Crippen molar-refractivity contribution in [1.82, 2.24) is 0 Å². The van der Waals surface area contributed by atoms with Crippen molar-refractivity contribution in [3.8, 4) is 0 Å². The van der Waals surface area contributed by atoms with Gasteiger partial charge in [0.2, 0.25) is 6.54 Å². The first-order valence-electron chi connectivity index (χ1n) is 9.63. The molecule has 0 amide bonds. The van der Waals surface area contributed by atoms with E-state index in [1.165, 1.54) is 0 Å². The van der Waals surface area contributed by atoms with Gasteiger partial charge >= 0.3 is 0 Å². The van der Waals surface area contributed by atoms with Crippen LogP contribution in [0.25, 0.3) is 0 Å². The maximum atomic E-state index is 14.9. The summed E-state index contributed by atoms with van der Waals surface area (Å²) in [4.78, 5) is 11.3. The molecule has 0 spiro atoms. The summed E-state index contributed by atoms with van der Waals surface area (Å²) in [6, 6.07) is 25.8. The molecule has 4 rings (SSSR count). The molecular formula is C22H21ClN3O3P. The molecule has 6 nitrogen and oxygen atoms in total. The number of para-hydroxylation sites is 2. The number of hydrogen-bond donors (Lipinski definition) is 0. The van der Waals surface area contributed by atoms with Gasteiger partial charge in [-0.2, -0.15) is 0 Å². The zero-order chi connectivity index (χ0) is 21.1. The number of anilines is 2. The van der Waals surface area contributed by atoms with Crippen LogP contribution in [0.1, 0.15) is 11.2 Å². The molecule has 3 aromatic carbocycles. The van der Waals surface area contributed by atoms with E-state index in [0.717, 1.165) is 11.4 Å². The lowest BCUT2D eigenvalue weighted by atomic mass is 10.1. The minimum Gasteiger partial charge on any atom is -0.304 e. The summed E-state index contributed by atoms with van der Waals surface area (Å²) in [6.07, 6.45) is 0. The Labute approximate surface area is 180 Å². The topological polar surface area (TPSA) is 66.7 Å². The summed E-state index contributed by atoms with van der Waals surface area (Å²) in [5.41, 5.74) is 1.42. The van der Waals surface area contributed by atoms with Gasteiger partial charge in [-0.15, -0.1) is 0 Å². The smallest absolute Gasteiger partial charge is 0.277 e. The van der Waals surface area contributed by atoms with Crippen molar-refractivity contribution in [3.63, 3.8) is 0 Å². The molecule has 1 saturated heterocycles. The molecule has 1 aliphatic heterocycles. The third-order valence-electron chi connectivity index (χ3n) is 5.31. The molecule has 1 aliphatic rings. The second kappa shape index (κ2) is 8.50. The van der Waals surface area contributed by atoms with Crippen LogP contribution >= 0.6 is 19.0 Å². The van der Waals surface area contributed by atoms with Gasteiger partial charge in [-0.25, -0.2) is 0 Å². The molecular weight excluding hydrogens is 421 g/mol. The standard InChI is InChI=1S/C22H21ClN3O3P/c23-19-13-11-18(12-14-19)22(17-26(27)28)30(29)24(20-7-3-1-4-8-20)15-16-25(30)21-9-5-2-6-10-21/h1-14,22H,15-17H2. The van der Waals surface area contributed by atoms with Crippen molar-refractivity contribution < 1.29 is 9.49 Å². The molecule has 0 bridgehead atoms. The molecule has 0 N–H and O–H groups in total. The fourth-order valence-corrected chi connectivity index (χ4v) is 7.61. The molecule has 0 aromatic heterocycles. The highest BCUT2D eigenvalue weighted by molar-refractivity contribution is 7.68. The fourth-order valence-electron chi connectivity index (χ4n) is 3.96. The Kier molecular flexibility index (Phi) is 5.80. The molecule has 1 heterocycles. The zero-order valence-electron chi connectivity index (χ0n) is 16.2. The van der Waals surface area contributed by atoms with E-state index in [1.54, 1.807) is 24.3 Å². The molecule has 154 valence electrons. The van der Waals surface area contributed by atoms with Crippen LogP contribution in [0.3, 0.4) is 0 Å². The van der Waals surface area contributed by atoms with E-state index in [1.807, 2.05) is 70.0 Å². The molecule has 30 heavy (non-hydrogen) atoms. The van der Waals surface area contributed by atoms with Crippen molar-refractivity contribution >= 4 is 30.4 Å². The van der Waals surface area contributed by atoms with Crippen LogP contribution in [0, 0.1) is 10.1 Å². The van der Waals surface area contributed by atoms with E-state index in [9.17, 15) is 14.7 Å². The lowest BCUT2D eigenvalue weighted by molar-refractivity contribution is -0.480. The van der Waals surface area contributed by atoms with Gasteiger partial charge in [-0.3, -0.25) is 14.7 Å². The number of nitro groups is 1. The van der Waals surface area contributed by atoms with Gasteiger partial charge in [0.25, 0.3) is 7.44 Å². The maximum Gasteiger partial charge on any atom is 0.277 e. The first kappa shape index (κ1) is 20.5. The molecule has 1 fully saturated rings. The summed E-state index contributed by atoms with van der Waals surface area (Å²) in [5.74, 6) is 0. The van der Waals surface area contributed by atoms with E-state index in [0.29, 0.717) is 23.7 Å². The largest absolute Gasteiger partial charge is 0.304 e. The van der Waals surface area contributed by atoms with Crippen LogP contribution in [0.5, 0.6) is 0 Å². The zero-order valence-corrected chi connectivity index (χ0v) is 17.8. The molecule has 1 atom stereocenters. The number of rotatable bonds is 6. The highest BCUT2D eigenvalue weighted by Gasteiger charge is 2.51. The van der Waals surface area contributed by atoms with Crippen molar-refractivity contribution in [2.24, 2.45) is 0 Å². The molecule has 0 aliphatic carbocycles. The van der Waals surface area contributed by atoms with Gasteiger partial charge < -0.3 is 9.34 Å². The van der Waals surface area contributed by atoms with Crippen LogP contribution in [-0.2, 0) is 4.57 Å². The van der Waals surface area contributed by atoms with E-state index in [4.69, 9.17) is 11.6 Å². The Balaban J connectivity index is 1.89. The fraction of sp³-hybridized carbons (Fsp3) is 0.182. The summed E-state index contributed by atoms with van der Waals surface area (Å²) in [5, 5.41) is 12.2. The number of benzene rings is 3. The van der Waals surface area contributed by atoms with E-state index in [2.05, 4.69) is 0 Å². The first-order chi connectivity index (χ1) is 14.5. The lowest BCUT2D eigenvalue weighted by Crippen LogP contribution is -2.27. The first-order valence-corrected chi connectivity index (χ1v) is 11.7. The average molecular weight is 442 g/mol. The van der Waals surface area contributed by atoms with Crippen LogP contribution < -0.4 is 9.34 Å². The van der Waals surface area contributed by atoms with Crippen molar-refractivity contribution in [2.45, 2.75) is 5.66 Å². The van der Waals surface area contributed by atoms with Crippen LogP contribution in [0.2, 0.25) is 5.02 Å². The van der Waals surface area contributed by atoms with Gasteiger partial charge in [0.1, 0.15) is 5.66 Å². The highest BCUT2D eigenvalue weighted by Crippen LogP contribution is 2.68. The quantitative estimate of drug-likeness (QED) is 0.271. The average Bonchev–Trinajstić information content (AvgIpc) is 3.12. The molecule has 0 saturated carbocycles. The van der Waals surface area contributed by atoms with Gasteiger partial charge in [0.15, 0.2) is 0 Å². The predicted octanol–water partition coefficient (Wildman–Crippen LogP) is 5.88. The number of hydrogen-bond acceptors (Lipinski definition) is 3. The summed E-state index contributed by atoms with van der Waals surface area (Å²) in [6.45, 7) is 0.585. The highest BCUT2D eigenvalue weighted by atomic mass is 35.5. The van der Waals surface area contributed by atoms with Gasteiger partial charge in [0, 0.05) is 34.4 Å². The molecule has 3 aromatic rings. The second-order valence-corrected chi connectivity index (χ2v) is 10.3. The van der Waals surface area contributed by atoms with Gasteiger partial charge in [0.05, 0.1) is 0 Å². The Hall–Kier alpha value is -2.82. The third kappa shape index (κ3) is 3.81. The Morgan fingerprint density at radius 3 is 1.77 bits per heavy atom. The third-order valence-corrected chi connectivity index (χ3v) is 9.08. The summed E-state index contributed by atoms with van der Waals surface area (Å²) >= 11 is 6.04. The van der Waals surface area contributed by atoms with Gasteiger partial charge in [-0.1, -0.05) is 60.1 Å². The lowest BCUT2D eigenvalue weighted by Gasteiger charge is -2.36. The van der Waals surface area contributed by atoms with Crippen LogP contribution in [-0.4, -0.2) is 24.6 Å². The van der Waals surface area contributed by atoms with Crippen LogP contribution in [0.15, 0.2) is 84.9 Å². The number of nitrogens with zero attached hydrogens (tertiary/aromatic N) is 3. The van der Waals surface area contributed by atoms with Crippen molar-refractivity contribution in [1.29, 1.82) is 0 Å². The van der Waals surface area contributed by atoms with Crippen molar-refractivity contribution in [2.75, 3.05) is 29.0 Å². The molecule has 8 heteroatoms. The molecule has 0 radical (unpaired) electrons. The summed E-state index contributed by atoms with van der Waals surface area (Å²) in [7, 11) is -3.45. The number of halogens is 1. The van der Waals surface area contributed by atoms with Crippen LogP contribution in [0.4, 0.5) is 11.4 Å². The maximum absolute atomic E-state index is 14.9. The predicted molar refractivity (Wildman–Crippen MR) is 121 cm³/mol. The summed E-state index contributed by atoms with van der Waals surface area (Å²) < 4.78 is 18.6. The Bertz CT molecular complexity index is 1010. The second-order valence-electron chi connectivity index (χ2n) is 7.09. The van der Waals surface area contributed by atoms with E-state index in [-0.39, 0.29) is 4.92 Å². The monoisotopic (exact) mass is 441 g/mol. The Morgan fingerprint density at radius 1 is 0.867 bits per heavy atom. The van der Waals surface area contributed by atoms with Crippen molar-refractivity contribution in [3.05, 3.63) is 106 Å². The molecule has 1 unspecified atom stereocenters. The SMILES string of the molecule is O=[N+]([O-])CC(c1ccc(Cl)cc1)P1(=O)N(c2ccccc2)CCN1c1ccccc1. The van der Waals surface area contributed by atoms with E-state index < -0.39 is 19.6 Å². The minimum absolute atomic E-state index is 0.385. The minimum atomic E-state index is -3.45. The van der Waals surface area contributed by atoms with Gasteiger partial charge in [-0.05, 0) is 42.0 Å². The van der Waals surface area contributed by atoms with E-state index >= 15 is 0 Å². The normalized spacial score (nSPS) is 16.4.